The predicted molar refractivity (Wildman–Crippen MR) is 79.5 cm³/mol. The number of amides is 1. The number of carboxylic acids is 1. The number of aromatic nitrogens is 1. The summed E-state index contributed by atoms with van der Waals surface area (Å²) in [5, 5.41) is 17.2. The molecular formula is C12H17N3O3S2. The number of nitrogens with one attached hydrogen (secondary N) is 2. The number of aromatic carboxylic acids is 1. The number of carbonyl (C=O) groups is 2. The second-order valence-electron chi connectivity index (χ2n) is 4.46. The van der Waals surface area contributed by atoms with Crippen molar-refractivity contribution in [3.05, 3.63) is 16.1 Å². The Morgan fingerprint density at radius 2 is 2.40 bits per heavy atom. The lowest BCUT2D eigenvalue weighted by molar-refractivity contribution is -0.121. The zero-order valence-electron chi connectivity index (χ0n) is 10.9. The highest BCUT2D eigenvalue weighted by molar-refractivity contribution is 7.99. The summed E-state index contributed by atoms with van der Waals surface area (Å²) in [6.45, 7) is 1.45. The maximum Gasteiger partial charge on any atom is 0.355 e. The van der Waals surface area contributed by atoms with Crippen LogP contribution in [0.25, 0.3) is 0 Å². The lowest BCUT2D eigenvalue weighted by Crippen LogP contribution is -2.41. The number of hydrogen-bond donors (Lipinski definition) is 3. The third-order valence-corrected chi connectivity index (χ3v) is 4.90. The van der Waals surface area contributed by atoms with E-state index >= 15 is 0 Å². The van der Waals surface area contributed by atoms with Crippen molar-refractivity contribution in [2.24, 2.45) is 0 Å². The topological polar surface area (TPSA) is 91.3 Å². The predicted octanol–water partition coefficient (Wildman–Crippen LogP) is 0.595. The Balaban J connectivity index is 1.66. The fourth-order valence-electron chi connectivity index (χ4n) is 1.88. The van der Waals surface area contributed by atoms with Gasteiger partial charge in [0.1, 0.15) is 0 Å². The van der Waals surface area contributed by atoms with Gasteiger partial charge in [0.05, 0.1) is 5.01 Å². The van der Waals surface area contributed by atoms with E-state index in [4.69, 9.17) is 5.11 Å². The van der Waals surface area contributed by atoms with Gasteiger partial charge < -0.3 is 15.7 Å². The molecule has 2 rings (SSSR count). The zero-order chi connectivity index (χ0) is 14.4. The average Bonchev–Trinajstić information content (AvgIpc) is 2.89. The molecule has 2 heterocycles. The maximum atomic E-state index is 11.7. The summed E-state index contributed by atoms with van der Waals surface area (Å²) in [7, 11) is 0. The molecule has 1 amide bonds. The van der Waals surface area contributed by atoms with Crippen LogP contribution in [0.15, 0.2) is 5.38 Å². The molecule has 1 aromatic rings. The molecule has 1 unspecified atom stereocenters. The van der Waals surface area contributed by atoms with Crippen molar-refractivity contribution in [1.82, 2.24) is 15.6 Å². The van der Waals surface area contributed by atoms with Crippen LogP contribution in [-0.2, 0) is 11.2 Å². The summed E-state index contributed by atoms with van der Waals surface area (Å²) in [6.07, 6.45) is 1.06. The summed E-state index contributed by atoms with van der Waals surface area (Å²) in [5.41, 5.74) is 0.0692. The van der Waals surface area contributed by atoms with Crippen molar-refractivity contribution >= 4 is 35.0 Å². The smallest absolute Gasteiger partial charge is 0.355 e. The van der Waals surface area contributed by atoms with Crippen LogP contribution < -0.4 is 10.6 Å². The summed E-state index contributed by atoms with van der Waals surface area (Å²) in [5.74, 6) is 1.09. The number of carboxylic acid groups (broad SMARTS) is 1. The van der Waals surface area contributed by atoms with Crippen molar-refractivity contribution in [2.45, 2.75) is 18.9 Å². The van der Waals surface area contributed by atoms with Crippen LogP contribution in [0.5, 0.6) is 0 Å². The molecule has 20 heavy (non-hydrogen) atoms. The first kappa shape index (κ1) is 15.3. The van der Waals surface area contributed by atoms with Crippen molar-refractivity contribution in [1.29, 1.82) is 0 Å². The highest BCUT2D eigenvalue weighted by atomic mass is 32.2. The minimum atomic E-state index is -1.02. The SMILES string of the molecule is O=C(CC1CSCCN1)NCCc1nc(C(=O)O)cs1. The van der Waals surface area contributed by atoms with Crippen LogP contribution in [0, 0.1) is 0 Å². The lowest BCUT2D eigenvalue weighted by atomic mass is 10.2. The molecule has 0 aromatic carbocycles. The molecule has 110 valence electrons. The van der Waals surface area contributed by atoms with Gasteiger partial charge in [-0.3, -0.25) is 4.79 Å². The van der Waals surface area contributed by atoms with Gasteiger partial charge in [0, 0.05) is 48.9 Å². The molecule has 0 radical (unpaired) electrons. The van der Waals surface area contributed by atoms with E-state index in [1.165, 1.54) is 16.7 Å². The van der Waals surface area contributed by atoms with E-state index in [0.717, 1.165) is 23.1 Å². The van der Waals surface area contributed by atoms with Gasteiger partial charge in [0.25, 0.3) is 0 Å². The van der Waals surface area contributed by atoms with Crippen molar-refractivity contribution < 1.29 is 14.7 Å². The Bertz CT molecular complexity index is 472. The number of thiazole rings is 1. The van der Waals surface area contributed by atoms with Crippen molar-refractivity contribution in [2.75, 3.05) is 24.6 Å². The standard InChI is InChI=1S/C12H17N3O3S2/c16-10(5-8-6-19-4-3-13-8)14-2-1-11-15-9(7-20-11)12(17)18/h7-8,13H,1-6H2,(H,14,16)(H,17,18). The molecule has 0 aliphatic carbocycles. The molecule has 1 aliphatic rings. The molecule has 6 nitrogen and oxygen atoms in total. The third kappa shape index (κ3) is 4.77. The first-order chi connectivity index (χ1) is 9.65. The normalized spacial score (nSPS) is 18.7. The fourth-order valence-corrected chi connectivity index (χ4v) is 3.60. The van der Waals surface area contributed by atoms with Gasteiger partial charge in [-0.2, -0.15) is 11.8 Å². The largest absolute Gasteiger partial charge is 0.476 e. The minimum Gasteiger partial charge on any atom is -0.476 e. The number of hydrogen-bond acceptors (Lipinski definition) is 6. The molecule has 1 fully saturated rings. The Morgan fingerprint density at radius 1 is 1.55 bits per heavy atom. The molecule has 1 saturated heterocycles. The first-order valence-corrected chi connectivity index (χ1v) is 8.44. The van der Waals surface area contributed by atoms with Gasteiger partial charge in [-0.15, -0.1) is 11.3 Å². The highest BCUT2D eigenvalue weighted by Crippen LogP contribution is 2.11. The molecular weight excluding hydrogens is 298 g/mol. The molecule has 3 N–H and O–H groups in total. The van der Waals surface area contributed by atoms with Crippen LogP contribution in [-0.4, -0.2) is 52.6 Å². The Labute approximate surface area is 125 Å². The molecule has 1 aliphatic heterocycles. The second-order valence-corrected chi connectivity index (χ2v) is 6.55. The fraction of sp³-hybridized carbons (Fsp3) is 0.583. The molecule has 0 saturated carbocycles. The number of thioether (sulfide) groups is 1. The first-order valence-electron chi connectivity index (χ1n) is 6.40. The molecule has 0 spiro atoms. The third-order valence-electron chi connectivity index (χ3n) is 2.86. The van der Waals surface area contributed by atoms with E-state index < -0.39 is 5.97 Å². The maximum absolute atomic E-state index is 11.7. The summed E-state index contributed by atoms with van der Waals surface area (Å²) >= 11 is 3.17. The Morgan fingerprint density at radius 3 is 3.05 bits per heavy atom. The van der Waals surface area contributed by atoms with Gasteiger partial charge in [-0.05, 0) is 0 Å². The van der Waals surface area contributed by atoms with Crippen LogP contribution in [0.2, 0.25) is 0 Å². The highest BCUT2D eigenvalue weighted by Gasteiger charge is 2.16. The molecule has 1 atom stereocenters. The van der Waals surface area contributed by atoms with E-state index in [1.54, 1.807) is 0 Å². The Hall–Kier alpha value is -1.12. The molecule has 8 heteroatoms. The van der Waals surface area contributed by atoms with Crippen molar-refractivity contribution in [3.63, 3.8) is 0 Å². The van der Waals surface area contributed by atoms with Gasteiger partial charge in [-0.1, -0.05) is 0 Å². The van der Waals surface area contributed by atoms with E-state index in [1.807, 2.05) is 11.8 Å². The van der Waals surface area contributed by atoms with Gasteiger partial charge in [-0.25, -0.2) is 9.78 Å². The number of carbonyl (C=O) groups excluding carboxylic acids is 1. The lowest BCUT2D eigenvalue weighted by Gasteiger charge is -2.22. The zero-order valence-corrected chi connectivity index (χ0v) is 12.6. The van der Waals surface area contributed by atoms with Crippen LogP contribution in [0.1, 0.15) is 21.9 Å². The summed E-state index contributed by atoms with van der Waals surface area (Å²) in [6, 6.07) is 0.257. The van der Waals surface area contributed by atoms with Crippen molar-refractivity contribution in [3.8, 4) is 0 Å². The van der Waals surface area contributed by atoms with E-state index in [0.29, 0.717) is 19.4 Å². The average molecular weight is 315 g/mol. The summed E-state index contributed by atoms with van der Waals surface area (Å²) in [4.78, 5) is 26.4. The minimum absolute atomic E-state index is 0.0278. The number of rotatable bonds is 6. The van der Waals surface area contributed by atoms with Gasteiger partial charge >= 0.3 is 5.97 Å². The van der Waals surface area contributed by atoms with Crippen LogP contribution in [0.3, 0.4) is 0 Å². The van der Waals surface area contributed by atoms with Gasteiger partial charge in [0.15, 0.2) is 5.69 Å². The number of nitrogens with zero attached hydrogens (tertiary/aromatic N) is 1. The molecule has 1 aromatic heterocycles. The molecule has 0 bridgehead atoms. The van der Waals surface area contributed by atoms with Crippen LogP contribution >= 0.6 is 23.1 Å². The van der Waals surface area contributed by atoms with E-state index in [9.17, 15) is 9.59 Å². The monoisotopic (exact) mass is 315 g/mol. The van der Waals surface area contributed by atoms with Crippen LogP contribution in [0.4, 0.5) is 0 Å². The van der Waals surface area contributed by atoms with E-state index in [2.05, 4.69) is 15.6 Å². The van der Waals surface area contributed by atoms with Gasteiger partial charge in [0.2, 0.25) is 5.91 Å². The van der Waals surface area contributed by atoms with E-state index in [-0.39, 0.29) is 17.6 Å². The summed E-state index contributed by atoms with van der Waals surface area (Å²) < 4.78 is 0. The second kappa shape index (κ2) is 7.61. The Kier molecular flexibility index (Phi) is 5.81. The quantitative estimate of drug-likeness (QED) is 0.712.